The predicted molar refractivity (Wildman–Crippen MR) is 147 cm³/mol. The molecule has 222 valence electrons. The summed E-state index contributed by atoms with van der Waals surface area (Å²) in [7, 11) is -3.98. The fourth-order valence-corrected chi connectivity index (χ4v) is 4.25. The van der Waals surface area contributed by atoms with E-state index in [0.717, 1.165) is 5.56 Å². The van der Waals surface area contributed by atoms with Crippen molar-refractivity contribution in [1.82, 2.24) is 5.32 Å². The molecule has 39 heavy (non-hydrogen) atoms. The number of ether oxygens (including phenoxy) is 3. The highest BCUT2D eigenvalue weighted by Crippen LogP contribution is 2.23. The molecule has 0 heterocycles. The first-order valence-corrected chi connectivity index (χ1v) is 14.4. The molecule has 0 saturated heterocycles. The van der Waals surface area contributed by atoms with Crippen LogP contribution in [-0.4, -0.2) is 55.9 Å². The molecule has 0 bridgehead atoms. The number of rotatable bonds is 11. The predicted octanol–water partition coefficient (Wildman–Crippen LogP) is 5.06. The SMILES string of the molecule is Cc1ccc(S(=O)(=O)OCCC[C@@H](C[C@H](NC(=O)OC(C)(C)C)C(=O)OC(C)(C)C)C(=O)OC(C)(C)C)cc1. The van der Waals surface area contributed by atoms with E-state index in [2.05, 4.69) is 5.32 Å². The van der Waals surface area contributed by atoms with E-state index in [1.54, 1.807) is 74.4 Å². The number of carbonyl (C=O) groups is 3. The van der Waals surface area contributed by atoms with E-state index in [1.807, 2.05) is 6.92 Å². The van der Waals surface area contributed by atoms with Crippen LogP contribution in [0, 0.1) is 12.8 Å². The Morgan fingerprint density at radius 1 is 0.795 bits per heavy atom. The molecule has 1 rings (SSSR count). The Hall–Kier alpha value is -2.66. The first-order valence-electron chi connectivity index (χ1n) is 13.0. The van der Waals surface area contributed by atoms with Crippen molar-refractivity contribution in [3.8, 4) is 0 Å². The fraction of sp³-hybridized carbons (Fsp3) is 0.679. The Balaban J connectivity index is 3.06. The van der Waals surface area contributed by atoms with Crippen LogP contribution < -0.4 is 5.32 Å². The summed E-state index contributed by atoms with van der Waals surface area (Å²) in [6.45, 7) is 16.9. The molecule has 0 radical (unpaired) electrons. The Bertz CT molecular complexity index is 1080. The number of benzene rings is 1. The highest BCUT2D eigenvalue weighted by Gasteiger charge is 2.35. The van der Waals surface area contributed by atoms with Crippen molar-refractivity contribution in [3.05, 3.63) is 29.8 Å². The van der Waals surface area contributed by atoms with E-state index in [1.165, 1.54) is 12.1 Å². The first kappa shape index (κ1) is 34.4. The maximum Gasteiger partial charge on any atom is 0.408 e. The minimum atomic E-state index is -3.98. The average molecular weight is 572 g/mol. The van der Waals surface area contributed by atoms with E-state index in [9.17, 15) is 22.8 Å². The van der Waals surface area contributed by atoms with Crippen molar-refractivity contribution in [2.24, 2.45) is 5.92 Å². The quantitative estimate of drug-likeness (QED) is 0.167. The third kappa shape index (κ3) is 14.3. The number of carbonyl (C=O) groups excluding carboxylic acids is 3. The number of nitrogens with one attached hydrogen (secondary N) is 1. The highest BCUT2D eigenvalue weighted by atomic mass is 32.2. The second kappa shape index (κ2) is 13.6. The van der Waals surface area contributed by atoms with Gasteiger partial charge in [0.2, 0.25) is 0 Å². The van der Waals surface area contributed by atoms with Gasteiger partial charge >= 0.3 is 18.0 Å². The number of esters is 2. The molecule has 0 aliphatic rings. The van der Waals surface area contributed by atoms with E-state index < -0.39 is 56.9 Å². The molecule has 1 N–H and O–H groups in total. The molecule has 1 aromatic rings. The summed E-state index contributed by atoms with van der Waals surface area (Å²) < 4.78 is 46.5. The van der Waals surface area contributed by atoms with Crippen LogP contribution in [0.15, 0.2) is 29.2 Å². The maximum absolute atomic E-state index is 13.1. The highest BCUT2D eigenvalue weighted by molar-refractivity contribution is 7.86. The zero-order valence-corrected chi connectivity index (χ0v) is 25.7. The van der Waals surface area contributed by atoms with Crippen molar-refractivity contribution >= 4 is 28.1 Å². The van der Waals surface area contributed by atoms with E-state index in [0.29, 0.717) is 0 Å². The van der Waals surface area contributed by atoms with Gasteiger partial charge in [-0.25, -0.2) is 9.59 Å². The summed E-state index contributed by atoms with van der Waals surface area (Å²) in [5.74, 6) is -2.20. The van der Waals surface area contributed by atoms with Gasteiger partial charge in [-0.3, -0.25) is 8.98 Å². The van der Waals surface area contributed by atoms with Crippen LogP contribution in [0.2, 0.25) is 0 Å². The lowest BCUT2D eigenvalue weighted by atomic mass is 9.94. The number of amides is 1. The van der Waals surface area contributed by atoms with Crippen LogP contribution in [0.25, 0.3) is 0 Å². The summed E-state index contributed by atoms with van der Waals surface area (Å²) in [4.78, 5) is 38.6. The minimum Gasteiger partial charge on any atom is -0.460 e. The topological polar surface area (TPSA) is 134 Å². The van der Waals surface area contributed by atoms with Gasteiger partial charge in [0.15, 0.2) is 0 Å². The Morgan fingerprint density at radius 3 is 1.77 bits per heavy atom. The zero-order chi connectivity index (χ0) is 30.2. The Morgan fingerprint density at radius 2 is 1.28 bits per heavy atom. The Kier molecular flexibility index (Phi) is 12.0. The first-order chi connectivity index (χ1) is 17.6. The second-order valence-corrected chi connectivity index (χ2v) is 14.0. The van der Waals surface area contributed by atoms with Crippen molar-refractivity contribution in [3.63, 3.8) is 0 Å². The van der Waals surface area contributed by atoms with Crippen LogP contribution in [0.3, 0.4) is 0 Å². The summed E-state index contributed by atoms with van der Waals surface area (Å²) in [6.07, 6.45) is -0.682. The molecule has 0 saturated carbocycles. The summed E-state index contributed by atoms with van der Waals surface area (Å²) >= 11 is 0. The van der Waals surface area contributed by atoms with Gasteiger partial charge in [-0.2, -0.15) is 8.42 Å². The van der Waals surface area contributed by atoms with Crippen LogP contribution in [0.5, 0.6) is 0 Å². The van der Waals surface area contributed by atoms with Gasteiger partial charge < -0.3 is 19.5 Å². The number of hydrogen-bond donors (Lipinski definition) is 1. The van der Waals surface area contributed by atoms with Crippen molar-refractivity contribution in [2.75, 3.05) is 6.61 Å². The molecule has 10 nitrogen and oxygen atoms in total. The van der Waals surface area contributed by atoms with Gasteiger partial charge in [0, 0.05) is 0 Å². The van der Waals surface area contributed by atoms with Crippen molar-refractivity contribution in [1.29, 1.82) is 0 Å². The van der Waals surface area contributed by atoms with Gasteiger partial charge in [0.05, 0.1) is 17.4 Å². The molecule has 0 unspecified atom stereocenters. The number of hydrogen-bond acceptors (Lipinski definition) is 9. The molecule has 1 amide bonds. The summed E-state index contributed by atoms with van der Waals surface area (Å²) in [6, 6.07) is 5.05. The van der Waals surface area contributed by atoms with E-state index >= 15 is 0 Å². The van der Waals surface area contributed by atoms with Crippen LogP contribution in [0.4, 0.5) is 4.79 Å². The molecule has 0 fully saturated rings. The lowest BCUT2D eigenvalue weighted by Crippen LogP contribution is -2.47. The molecule has 11 heteroatoms. The van der Waals surface area contributed by atoms with E-state index in [-0.39, 0.29) is 30.8 Å². The molecular weight excluding hydrogens is 526 g/mol. The van der Waals surface area contributed by atoms with Gasteiger partial charge in [-0.05, 0) is 101 Å². The van der Waals surface area contributed by atoms with Crippen LogP contribution in [-0.2, 0) is 38.1 Å². The largest absolute Gasteiger partial charge is 0.460 e. The normalized spacial score (nSPS) is 14.2. The lowest BCUT2D eigenvalue weighted by Gasteiger charge is -2.29. The average Bonchev–Trinajstić information content (AvgIpc) is 2.71. The van der Waals surface area contributed by atoms with Crippen LogP contribution >= 0.6 is 0 Å². The van der Waals surface area contributed by atoms with E-state index in [4.69, 9.17) is 18.4 Å². The monoisotopic (exact) mass is 571 g/mol. The lowest BCUT2D eigenvalue weighted by molar-refractivity contribution is -0.163. The number of alkyl carbamates (subject to hydrolysis) is 1. The molecule has 0 aliphatic heterocycles. The third-order valence-corrected chi connectivity index (χ3v) is 6.21. The van der Waals surface area contributed by atoms with Crippen molar-refractivity contribution in [2.45, 2.75) is 116 Å². The maximum atomic E-state index is 13.1. The van der Waals surface area contributed by atoms with Gasteiger partial charge in [-0.15, -0.1) is 0 Å². The molecule has 2 atom stereocenters. The second-order valence-electron chi connectivity index (χ2n) is 12.4. The summed E-state index contributed by atoms with van der Waals surface area (Å²) in [5.41, 5.74) is -1.55. The molecule has 0 aromatic heterocycles. The van der Waals surface area contributed by atoms with Gasteiger partial charge in [0.1, 0.15) is 22.8 Å². The van der Waals surface area contributed by atoms with Gasteiger partial charge in [-0.1, -0.05) is 17.7 Å². The smallest absolute Gasteiger partial charge is 0.408 e. The minimum absolute atomic E-state index is 0.0309. The standard InChI is InChI=1S/C28H45NO9S/c1-19-13-15-21(16-14-19)39(33,34)35-17-11-12-20(23(30)36-26(2,3)4)18-22(24(31)37-27(5,6)7)29-25(32)38-28(8,9)10/h13-16,20,22H,11-12,17-18H2,1-10H3,(H,29,32)/t20-,22-/m0/s1. The van der Waals surface area contributed by atoms with Crippen molar-refractivity contribution < 1.29 is 41.2 Å². The fourth-order valence-electron chi connectivity index (χ4n) is 3.31. The number of aryl methyl sites for hydroxylation is 1. The summed E-state index contributed by atoms with van der Waals surface area (Å²) in [5, 5.41) is 2.51. The Labute approximate surface area is 233 Å². The molecule has 0 aliphatic carbocycles. The van der Waals surface area contributed by atoms with Gasteiger partial charge in [0.25, 0.3) is 10.1 Å². The molecule has 1 aromatic carbocycles. The third-order valence-electron chi connectivity index (χ3n) is 4.89. The van der Waals surface area contributed by atoms with Crippen LogP contribution in [0.1, 0.15) is 87.1 Å². The zero-order valence-electron chi connectivity index (χ0n) is 24.9. The molecule has 0 spiro atoms. The molecular formula is C28H45NO9S.